The Kier molecular flexibility index (Phi) is 7.62. The lowest BCUT2D eigenvalue weighted by Crippen LogP contribution is -2.47. The number of nitrogens with zero attached hydrogens (tertiary/aromatic N) is 2. The van der Waals surface area contributed by atoms with Crippen molar-refractivity contribution >= 4 is 21.6 Å². The normalized spacial score (nSPS) is 15.1. The molecule has 0 atom stereocenters. The number of hydrogen-bond donors (Lipinski definition) is 1. The van der Waals surface area contributed by atoms with Crippen molar-refractivity contribution in [1.82, 2.24) is 9.21 Å². The lowest BCUT2D eigenvalue weighted by atomic mass is 10.1. The summed E-state index contributed by atoms with van der Waals surface area (Å²) in [6, 6.07) is 24.8. The number of ether oxygens (including phenoxy) is 1. The molecule has 178 valence electrons. The largest absolute Gasteiger partial charge is 0.489 e. The molecule has 1 saturated heterocycles. The SMILES string of the molecule is CS(=O)(=O)N1CCN(Cc2ccc(C(=O)Nc3ccc(OCc4ccccc4)cc3)cc2)CC1. The van der Waals surface area contributed by atoms with Crippen LogP contribution in [0.1, 0.15) is 21.5 Å². The molecule has 3 aromatic carbocycles. The second-order valence-electron chi connectivity index (χ2n) is 8.39. The van der Waals surface area contributed by atoms with E-state index in [1.54, 1.807) is 0 Å². The molecule has 0 saturated carbocycles. The molecule has 0 spiro atoms. The van der Waals surface area contributed by atoms with Crippen LogP contribution in [-0.2, 0) is 23.2 Å². The van der Waals surface area contributed by atoms with Crippen LogP contribution >= 0.6 is 0 Å². The Morgan fingerprint density at radius 1 is 0.853 bits per heavy atom. The molecule has 1 aliphatic heterocycles. The predicted molar refractivity (Wildman–Crippen MR) is 133 cm³/mol. The summed E-state index contributed by atoms with van der Waals surface area (Å²) in [6.07, 6.45) is 1.25. The number of carbonyl (C=O) groups excluding carboxylic acids is 1. The highest BCUT2D eigenvalue weighted by atomic mass is 32.2. The van der Waals surface area contributed by atoms with Gasteiger partial charge in [-0.25, -0.2) is 8.42 Å². The van der Waals surface area contributed by atoms with Crippen LogP contribution in [-0.4, -0.2) is 56.0 Å². The molecule has 7 nitrogen and oxygen atoms in total. The Labute approximate surface area is 201 Å². The maximum absolute atomic E-state index is 12.6. The van der Waals surface area contributed by atoms with Gasteiger partial charge in [0.15, 0.2) is 0 Å². The summed E-state index contributed by atoms with van der Waals surface area (Å²) in [5.41, 5.74) is 3.46. The van der Waals surface area contributed by atoms with Crippen LogP contribution in [0.5, 0.6) is 5.75 Å². The highest BCUT2D eigenvalue weighted by molar-refractivity contribution is 7.88. The highest BCUT2D eigenvalue weighted by Gasteiger charge is 2.23. The van der Waals surface area contributed by atoms with E-state index in [1.807, 2.05) is 78.9 Å². The number of piperazine rings is 1. The van der Waals surface area contributed by atoms with Gasteiger partial charge in [-0.05, 0) is 47.5 Å². The molecule has 34 heavy (non-hydrogen) atoms. The van der Waals surface area contributed by atoms with Crippen LogP contribution in [0.15, 0.2) is 78.9 Å². The van der Waals surface area contributed by atoms with Gasteiger partial charge in [0.25, 0.3) is 5.91 Å². The van der Waals surface area contributed by atoms with Gasteiger partial charge >= 0.3 is 0 Å². The summed E-state index contributed by atoms with van der Waals surface area (Å²) in [5.74, 6) is 0.565. The van der Waals surface area contributed by atoms with Crippen LogP contribution in [0.25, 0.3) is 0 Å². The van der Waals surface area contributed by atoms with Crippen molar-refractivity contribution in [2.45, 2.75) is 13.2 Å². The number of amides is 1. The molecule has 0 unspecified atom stereocenters. The van der Waals surface area contributed by atoms with Gasteiger partial charge < -0.3 is 10.1 Å². The summed E-state index contributed by atoms with van der Waals surface area (Å²) in [7, 11) is -3.13. The first kappa shape index (κ1) is 23.9. The molecule has 1 N–H and O–H groups in total. The quantitative estimate of drug-likeness (QED) is 0.534. The summed E-state index contributed by atoms with van der Waals surface area (Å²) in [6.45, 7) is 3.63. The molecule has 1 aliphatic rings. The van der Waals surface area contributed by atoms with Crippen LogP contribution in [0.2, 0.25) is 0 Å². The van der Waals surface area contributed by atoms with Gasteiger partial charge in [0.05, 0.1) is 6.26 Å². The topological polar surface area (TPSA) is 79.0 Å². The zero-order chi connectivity index (χ0) is 24.0. The van der Waals surface area contributed by atoms with Crippen LogP contribution in [0.4, 0.5) is 5.69 Å². The minimum atomic E-state index is -3.13. The fraction of sp³-hybridized carbons (Fsp3) is 0.269. The van der Waals surface area contributed by atoms with Crippen molar-refractivity contribution in [3.63, 3.8) is 0 Å². The second-order valence-corrected chi connectivity index (χ2v) is 10.4. The molecule has 1 amide bonds. The zero-order valence-electron chi connectivity index (χ0n) is 19.2. The molecule has 3 aromatic rings. The van der Waals surface area contributed by atoms with Crippen molar-refractivity contribution < 1.29 is 17.9 Å². The number of sulfonamides is 1. The monoisotopic (exact) mass is 479 g/mol. The minimum Gasteiger partial charge on any atom is -0.489 e. The molecular formula is C26H29N3O4S. The van der Waals surface area contributed by atoms with Gasteiger partial charge in [0.2, 0.25) is 10.0 Å². The predicted octanol–water partition coefficient (Wildman–Crippen LogP) is 3.60. The van der Waals surface area contributed by atoms with E-state index in [-0.39, 0.29) is 5.91 Å². The number of hydrogen-bond acceptors (Lipinski definition) is 5. The number of carbonyl (C=O) groups is 1. The minimum absolute atomic E-state index is 0.175. The average Bonchev–Trinajstić information content (AvgIpc) is 2.84. The third-order valence-electron chi connectivity index (χ3n) is 5.78. The van der Waals surface area contributed by atoms with Crippen molar-refractivity contribution in [2.24, 2.45) is 0 Å². The fourth-order valence-corrected chi connectivity index (χ4v) is 4.64. The van der Waals surface area contributed by atoms with E-state index < -0.39 is 10.0 Å². The van der Waals surface area contributed by atoms with Gasteiger partial charge in [-0.3, -0.25) is 9.69 Å². The third-order valence-corrected chi connectivity index (χ3v) is 7.09. The van der Waals surface area contributed by atoms with Gasteiger partial charge in [0, 0.05) is 44.0 Å². The molecule has 0 aliphatic carbocycles. The van der Waals surface area contributed by atoms with Crippen molar-refractivity contribution in [3.05, 3.63) is 95.6 Å². The maximum Gasteiger partial charge on any atom is 0.255 e. The van der Waals surface area contributed by atoms with Gasteiger partial charge in [-0.1, -0.05) is 42.5 Å². The first-order valence-electron chi connectivity index (χ1n) is 11.2. The number of anilines is 1. The Bertz CT molecular complexity index is 1190. The fourth-order valence-electron chi connectivity index (χ4n) is 3.82. The van der Waals surface area contributed by atoms with E-state index in [4.69, 9.17) is 4.74 Å². The average molecular weight is 480 g/mol. The Morgan fingerprint density at radius 3 is 2.12 bits per heavy atom. The van der Waals surface area contributed by atoms with Gasteiger partial charge in [-0.15, -0.1) is 0 Å². The zero-order valence-corrected chi connectivity index (χ0v) is 20.0. The molecular weight excluding hydrogens is 450 g/mol. The van der Waals surface area contributed by atoms with Gasteiger partial charge in [0.1, 0.15) is 12.4 Å². The summed E-state index contributed by atoms with van der Waals surface area (Å²) in [5, 5.41) is 2.91. The summed E-state index contributed by atoms with van der Waals surface area (Å²) < 4.78 is 30.6. The van der Waals surface area contributed by atoms with E-state index in [0.29, 0.717) is 44.0 Å². The molecule has 4 rings (SSSR count). The smallest absolute Gasteiger partial charge is 0.255 e. The molecule has 1 fully saturated rings. The maximum atomic E-state index is 12.6. The van der Waals surface area contributed by atoms with Crippen LogP contribution in [0, 0.1) is 0 Å². The molecule has 0 bridgehead atoms. The Balaban J connectivity index is 1.26. The van der Waals surface area contributed by atoms with Crippen molar-refractivity contribution in [1.29, 1.82) is 0 Å². The molecule has 0 aromatic heterocycles. The van der Waals surface area contributed by atoms with E-state index in [1.165, 1.54) is 10.6 Å². The van der Waals surface area contributed by atoms with E-state index >= 15 is 0 Å². The molecule has 8 heteroatoms. The number of nitrogens with one attached hydrogen (secondary N) is 1. The van der Waals surface area contributed by atoms with E-state index in [0.717, 1.165) is 23.4 Å². The Hall–Kier alpha value is -3.20. The first-order valence-corrected chi connectivity index (χ1v) is 13.1. The molecule has 1 heterocycles. The van der Waals surface area contributed by atoms with E-state index in [2.05, 4.69) is 10.2 Å². The van der Waals surface area contributed by atoms with Crippen molar-refractivity contribution in [2.75, 3.05) is 37.8 Å². The lowest BCUT2D eigenvalue weighted by Gasteiger charge is -2.33. The van der Waals surface area contributed by atoms with Crippen molar-refractivity contribution in [3.8, 4) is 5.75 Å². The van der Waals surface area contributed by atoms with Crippen LogP contribution < -0.4 is 10.1 Å². The van der Waals surface area contributed by atoms with E-state index in [9.17, 15) is 13.2 Å². The standard InChI is InChI=1S/C26H29N3O4S/c1-34(31,32)29-17-15-28(16-18-29)19-21-7-9-23(10-8-21)26(30)27-24-11-13-25(14-12-24)33-20-22-5-3-2-4-6-22/h2-14H,15-20H2,1H3,(H,27,30). The second kappa shape index (κ2) is 10.8. The number of rotatable bonds is 8. The molecule has 0 radical (unpaired) electrons. The van der Waals surface area contributed by atoms with Gasteiger partial charge in [-0.2, -0.15) is 4.31 Å². The van der Waals surface area contributed by atoms with Crippen LogP contribution in [0.3, 0.4) is 0 Å². The lowest BCUT2D eigenvalue weighted by molar-refractivity contribution is 0.102. The Morgan fingerprint density at radius 2 is 1.50 bits per heavy atom. The summed E-state index contributed by atoms with van der Waals surface area (Å²) >= 11 is 0. The first-order chi connectivity index (χ1) is 16.4. The highest BCUT2D eigenvalue weighted by Crippen LogP contribution is 2.18. The third kappa shape index (κ3) is 6.66. The summed E-state index contributed by atoms with van der Waals surface area (Å²) in [4.78, 5) is 14.8. The number of benzene rings is 3.